The number of ketones is 1. The maximum Gasteiger partial charge on any atom is 0.279 e. The Labute approximate surface area is 207 Å². The highest BCUT2D eigenvalue weighted by Gasteiger charge is 2.52. The Bertz CT molecular complexity index is 1190. The summed E-state index contributed by atoms with van der Waals surface area (Å²) in [5.41, 5.74) is 1.43. The van der Waals surface area contributed by atoms with E-state index in [-0.39, 0.29) is 13.0 Å². The summed E-state index contributed by atoms with van der Waals surface area (Å²) in [4.78, 5) is 36.3. The van der Waals surface area contributed by atoms with Crippen LogP contribution in [-0.4, -0.2) is 53.1 Å². The van der Waals surface area contributed by atoms with Crippen molar-refractivity contribution in [1.82, 2.24) is 15.4 Å². The number of hydroxylamine groups is 2. The van der Waals surface area contributed by atoms with Gasteiger partial charge in [-0.1, -0.05) is 53.5 Å². The molecule has 9 heteroatoms. The van der Waals surface area contributed by atoms with E-state index in [1.165, 1.54) is 11.3 Å². The summed E-state index contributed by atoms with van der Waals surface area (Å²) in [5, 5.41) is 15.0. The summed E-state index contributed by atoms with van der Waals surface area (Å²) in [6, 6.07) is 17.8. The number of nitrogens with zero attached hydrogens (tertiary/aromatic N) is 2. The molecule has 2 atom stereocenters. The number of Topliss-reactive ketones (excluding diaryl/α,β-unsaturated/α-hetero) is 1. The van der Waals surface area contributed by atoms with Crippen molar-refractivity contribution in [3.8, 4) is 0 Å². The fourth-order valence-electron chi connectivity index (χ4n) is 4.16. The molecule has 0 spiro atoms. The summed E-state index contributed by atoms with van der Waals surface area (Å²) in [6.07, 6.45) is 0.535. The standard InChI is InChI=1S/C25H23Cl2N3O4/c1-28-14-22(31)23(32)15-34-30-24(33)20-4-2-3-5-21(20)25(30,16-6-8-17(26)9-7-16)12-19-11-10-18(27)13-29-19/h2-11,13,22,28,31H,12,14-15H2,1H3/t22?,25-/m1/s1. The Morgan fingerprint density at radius 2 is 1.82 bits per heavy atom. The zero-order valence-electron chi connectivity index (χ0n) is 18.4. The van der Waals surface area contributed by atoms with Gasteiger partial charge in [0.1, 0.15) is 18.2 Å². The number of aliphatic hydroxyl groups excluding tert-OH is 1. The second-order valence-electron chi connectivity index (χ2n) is 7.97. The molecule has 4 rings (SSSR count). The molecule has 0 saturated carbocycles. The van der Waals surface area contributed by atoms with Gasteiger partial charge in [-0.25, -0.2) is 5.06 Å². The lowest BCUT2D eigenvalue weighted by molar-refractivity contribution is -0.180. The van der Waals surface area contributed by atoms with Gasteiger partial charge in [0.25, 0.3) is 5.91 Å². The van der Waals surface area contributed by atoms with Crippen molar-refractivity contribution in [2.24, 2.45) is 0 Å². The molecular formula is C25H23Cl2N3O4. The first-order valence-electron chi connectivity index (χ1n) is 10.7. The second kappa shape index (κ2) is 10.2. The quantitative estimate of drug-likeness (QED) is 0.468. The van der Waals surface area contributed by atoms with E-state index in [0.29, 0.717) is 26.9 Å². The van der Waals surface area contributed by atoms with Crippen LogP contribution in [0.2, 0.25) is 10.0 Å². The van der Waals surface area contributed by atoms with Crippen LogP contribution < -0.4 is 5.32 Å². The van der Waals surface area contributed by atoms with Gasteiger partial charge in [-0.05, 0) is 48.5 Å². The van der Waals surface area contributed by atoms with Gasteiger partial charge >= 0.3 is 0 Å². The molecule has 34 heavy (non-hydrogen) atoms. The number of likely N-dealkylation sites (N-methyl/N-ethyl adjacent to an activating group) is 1. The van der Waals surface area contributed by atoms with Gasteiger partial charge in [-0.3, -0.25) is 19.4 Å². The van der Waals surface area contributed by atoms with Crippen LogP contribution in [0.15, 0.2) is 66.9 Å². The molecule has 1 aliphatic heterocycles. The average Bonchev–Trinajstić information content (AvgIpc) is 3.08. The third-order valence-electron chi connectivity index (χ3n) is 5.79. The third kappa shape index (κ3) is 4.58. The Balaban J connectivity index is 1.83. The predicted octanol–water partition coefficient (Wildman–Crippen LogP) is 3.41. The smallest absolute Gasteiger partial charge is 0.279 e. The van der Waals surface area contributed by atoms with Crippen LogP contribution in [0.25, 0.3) is 0 Å². The minimum atomic E-state index is -1.26. The lowest BCUT2D eigenvalue weighted by atomic mass is 9.79. The minimum absolute atomic E-state index is 0.0768. The van der Waals surface area contributed by atoms with Crippen molar-refractivity contribution in [2.45, 2.75) is 18.1 Å². The summed E-state index contributed by atoms with van der Waals surface area (Å²) in [7, 11) is 1.63. The number of benzene rings is 2. The number of nitrogens with one attached hydrogen (secondary N) is 1. The number of carbonyl (C=O) groups excluding carboxylic acids is 2. The molecule has 0 bridgehead atoms. The number of pyridine rings is 1. The highest BCUT2D eigenvalue weighted by atomic mass is 35.5. The molecule has 2 heterocycles. The van der Waals surface area contributed by atoms with Crippen molar-refractivity contribution in [3.05, 3.63) is 99.3 Å². The molecule has 0 aliphatic carbocycles. The van der Waals surface area contributed by atoms with Crippen molar-refractivity contribution < 1.29 is 19.5 Å². The van der Waals surface area contributed by atoms with Gasteiger partial charge in [0.2, 0.25) is 0 Å². The summed E-state index contributed by atoms with van der Waals surface area (Å²) >= 11 is 12.2. The molecule has 7 nitrogen and oxygen atoms in total. The fraction of sp³-hybridized carbons (Fsp3) is 0.240. The molecule has 0 radical (unpaired) electrons. The maximum absolute atomic E-state index is 13.6. The molecule has 0 fully saturated rings. The number of fused-ring (bicyclic) bond motifs is 1. The molecule has 1 amide bonds. The van der Waals surface area contributed by atoms with E-state index in [1.807, 2.05) is 24.3 Å². The Kier molecular flexibility index (Phi) is 7.30. The molecule has 1 unspecified atom stereocenters. The van der Waals surface area contributed by atoms with Crippen LogP contribution >= 0.6 is 23.2 Å². The Morgan fingerprint density at radius 1 is 1.12 bits per heavy atom. The first kappa shape index (κ1) is 24.3. The topological polar surface area (TPSA) is 91.8 Å². The summed E-state index contributed by atoms with van der Waals surface area (Å²) in [6.45, 7) is -0.403. The van der Waals surface area contributed by atoms with E-state index in [1.54, 1.807) is 43.4 Å². The first-order valence-corrected chi connectivity index (χ1v) is 11.4. The number of amides is 1. The highest BCUT2D eigenvalue weighted by Crippen LogP contribution is 2.46. The van der Waals surface area contributed by atoms with E-state index >= 15 is 0 Å². The van der Waals surface area contributed by atoms with Crippen LogP contribution in [0, 0.1) is 0 Å². The van der Waals surface area contributed by atoms with E-state index in [4.69, 9.17) is 28.0 Å². The molecule has 2 aromatic carbocycles. The van der Waals surface area contributed by atoms with Crippen LogP contribution in [0.4, 0.5) is 0 Å². The summed E-state index contributed by atoms with van der Waals surface area (Å²) < 4.78 is 0. The number of halogens is 2. The van der Waals surface area contributed by atoms with E-state index < -0.39 is 29.9 Å². The predicted molar refractivity (Wildman–Crippen MR) is 129 cm³/mol. The zero-order chi connectivity index (χ0) is 24.3. The van der Waals surface area contributed by atoms with Crippen LogP contribution in [0.1, 0.15) is 27.2 Å². The monoisotopic (exact) mass is 499 g/mol. The van der Waals surface area contributed by atoms with Gasteiger partial charge in [0, 0.05) is 35.4 Å². The normalized spacial score (nSPS) is 18.1. The number of aliphatic hydroxyl groups is 1. The van der Waals surface area contributed by atoms with Crippen LogP contribution in [-0.2, 0) is 21.6 Å². The average molecular weight is 500 g/mol. The van der Waals surface area contributed by atoms with Gasteiger partial charge in [0.05, 0.1) is 5.02 Å². The lowest BCUT2D eigenvalue weighted by Gasteiger charge is -2.38. The molecule has 1 aliphatic rings. The largest absolute Gasteiger partial charge is 0.384 e. The molecule has 1 aromatic heterocycles. The van der Waals surface area contributed by atoms with Gasteiger partial charge in [-0.2, -0.15) is 0 Å². The zero-order valence-corrected chi connectivity index (χ0v) is 19.9. The lowest BCUT2D eigenvalue weighted by Crippen LogP contribution is -2.48. The van der Waals surface area contributed by atoms with Crippen LogP contribution in [0.3, 0.4) is 0 Å². The number of hydrogen-bond acceptors (Lipinski definition) is 6. The van der Waals surface area contributed by atoms with E-state index in [2.05, 4.69) is 10.3 Å². The van der Waals surface area contributed by atoms with Crippen molar-refractivity contribution in [1.29, 1.82) is 0 Å². The van der Waals surface area contributed by atoms with Gasteiger partial charge in [0.15, 0.2) is 5.78 Å². The van der Waals surface area contributed by atoms with Gasteiger partial charge in [-0.15, -0.1) is 0 Å². The second-order valence-corrected chi connectivity index (χ2v) is 8.84. The number of carbonyl (C=O) groups is 2. The number of rotatable bonds is 9. The first-order chi connectivity index (χ1) is 16.4. The molecule has 176 valence electrons. The van der Waals surface area contributed by atoms with E-state index in [0.717, 1.165) is 5.56 Å². The fourth-order valence-corrected chi connectivity index (χ4v) is 4.40. The number of aromatic nitrogens is 1. The maximum atomic E-state index is 13.6. The molecule has 3 aromatic rings. The minimum Gasteiger partial charge on any atom is -0.384 e. The van der Waals surface area contributed by atoms with Gasteiger partial charge < -0.3 is 10.4 Å². The Hall–Kier alpha value is -2.81. The van der Waals surface area contributed by atoms with Crippen molar-refractivity contribution in [2.75, 3.05) is 20.2 Å². The Morgan fingerprint density at radius 3 is 2.50 bits per heavy atom. The highest BCUT2D eigenvalue weighted by molar-refractivity contribution is 6.30. The molecule has 0 saturated heterocycles. The molecular weight excluding hydrogens is 477 g/mol. The third-order valence-corrected chi connectivity index (χ3v) is 6.26. The van der Waals surface area contributed by atoms with Crippen LogP contribution in [0.5, 0.6) is 0 Å². The van der Waals surface area contributed by atoms with Crippen molar-refractivity contribution in [3.63, 3.8) is 0 Å². The van der Waals surface area contributed by atoms with Crippen molar-refractivity contribution >= 4 is 34.9 Å². The SMILES string of the molecule is CNCC(O)C(=O)CON1C(=O)c2ccccc2[C@@]1(Cc1ccc(Cl)cn1)c1ccc(Cl)cc1. The summed E-state index contributed by atoms with van der Waals surface area (Å²) in [5.74, 6) is -0.942. The number of hydrogen-bond donors (Lipinski definition) is 2. The van der Waals surface area contributed by atoms with E-state index in [9.17, 15) is 14.7 Å². The molecule has 2 N–H and O–H groups in total.